The van der Waals surface area contributed by atoms with E-state index >= 15 is 0 Å². The fraction of sp³-hybridized carbons (Fsp3) is 0.500. The summed E-state index contributed by atoms with van der Waals surface area (Å²) in [5.41, 5.74) is 1.56. The van der Waals surface area contributed by atoms with Crippen LogP contribution in [0.25, 0.3) is 0 Å². The molecule has 1 atom stereocenters. The Hall–Kier alpha value is -0.710. The topological polar surface area (TPSA) is 25.2 Å². The number of thioether (sulfide) groups is 1. The predicted molar refractivity (Wildman–Crippen MR) is 87.6 cm³/mol. The highest BCUT2D eigenvalue weighted by Gasteiger charge is 2.20. The molecular formula is C16H21NOS2. The molecule has 2 nitrogen and oxygen atoms in total. The van der Waals surface area contributed by atoms with Crippen LogP contribution >= 0.6 is 23.1 Å². The summed E-state index contributed by atoms with van der Waals surface area (Å²) in [6.07, 6.45) is 5.11. The van der Waals surface area contributed by atoms with E-state index in [1.807, 2.05) is 17.4 Å². The summed E-state index contributed by atoms with van der Waals surface area (Å²) < 4.78 is 5.53. The Morgan fingerprint density at radius 3 is 3.15 bits per heavy atom. The molecule has 2 aromatic rings. The summed E-state index contributed by atoms with van der Waals surface area (Å²) >= 11 is 4.05. The van der Waals surface area contributed by atoms with Crippen LogP contribution in [0.4, 0.5) is 0 Å². The van der Waals surface area contributed by atoms with Gasteiger partial charge in [-0.2, -0.15) is 11.8 Å². The Balaban J connectivity index is 1.78. The minimum Gasteiger partial charge on any atom is -0.469 e. The van der Waals surface area contributed by atoms with Crippen molar-refractivity contribution in [2.75, 3.05) is 12.3 Å². The average Bonchev–Trinajstić information content (AvgIpc) is 3.12. The summed E-state index contributed by atoms with van der Waals surface area (Å²) in [4.78, 5) is 3.07. The number of hydrogen-bond donors (Lipinski definition) is 1. The normalized spacial score (nSPS) is 16.1. The summed E-state index contributed by atoms with van der Waals surface area (Å²) in [6, 6.07) is 6.86. The van der Waals surface area contributed by atoms with Gasteiger partial charge in [-0.15, -0.1) is 11.3 Å². The summed E-state index contributed by atoms with van der Waals surface area (Å²) in [7, 11) is 0. The van der Waals surface area contributed by atoms with Crippen molar-refractivity contribution in [3.63, 3.8) is 0 Å². The van der Waals surface area contributed by atoms with E-state index in [-0.39, 0.29) is 0 Å². The molecule has 1 N–H and O–H groups in total. The zero-order valence-corrected chi connectivity index (χ0v) is 13.5. The lowest BCUT2D eigenvalue weighted by molar-refractivity contribution is 0.452. The number of thiophene rings is 1. The molecule has 3 heterocycles. The quantitative estimate of drug-likeness (QED) is 0.855. The maximum Gasteiger partial charge on any atom is 0.105 e. The third-order valence-corrected chi connectivity index (χ3v) is 5.98. The second-order valence-electron chi connectivity index (χ2n) is 5.19. The van der Waals surface area contributed by atoms with Crippen molar-refractivity contribution in [3.05, 3.63) is 45.5 Å². The Bertz CT molecular complexity index is 509. The molecule has 0 saturated heterocycles. The Kier molecular flexibility index (Phi) is 4.86. The lowest BCUT2D eigenvalue weighted by Crippen LogP contribution is -2.23. The van der Waals surface area contributed by atoms with Crippen LogP contribution in [0, 0.1) is 0 Å². The third kappa shape index (κ3) is 3.30. The highest BCUT2D eigenvalue weighted by Crippen LogP contribution is 2.35. The van der Waals surface area contributed by atoms with E-state index in [2.05, 4.69) is 36.1 Å². The lowest BCUT2D eigenvalue weighted by Gasteiger charge is -2.15. The van der Waals surface area contributed by atoms with Gasteiger partial charge >= 0.3 is 0 Å². The van der Waals surface area contributed by atoms with Crippen LogP contribution in [-0.2, 0) is 18.6 Å². The van der Waals surface area contributed by atoms with Crippen LogP contribution < -0.4 is 5.32 Å². The van der Waals surface area contributed by atoms with Gasteiger partial charge in [0, 0.05) is 28.0 Å². The molecule has 20 heavy (non-hydrogen) atoms. The molecule has 0 bridgehead atoms. The van der Waals surface area contributed by atoms with E-state index in [0.717, 1.165) is 25.1 Å². The highest BCUT2D eigenvalue weighted by atomic mass is 32.2. The van der Waals surface area contributed by atoms with Crippen LogP contribution in [-0.4, -0.2) is 12.3 Å². The van der Waals surface area contributed by atoms with Crippen LogP contribution in [0.5, 0.6) is 0 Å². The van der Waals surface area contributed by atoms with Crippen molar-refractivity contribution in [3.8, 4) is 0 Å². The lowest BCUT2D eigenvalue weighted by atomic mass is 10.1. The second-order valence-corrected chi connectivity index (χ2v) is 7.46. The Morgan fingerprint density at radius 2 is 2.40 bits per heavy atom. The maximum absolute atomic E-state index is 5.53. The first-order valence-corrected chi connectivity index (χ1v) is 9.29. The molecule has 1 aliphatic rings. The summed E-state index contributed by atoms with van der Waals surface area (Å²) in [6.45, 7) is 3.27. The van der Waals surface area contributed by atoms with Crippen molar-refractivity contribution in [2.45, 2.75) is 38.0 Å². The number of fused-ring (bicyclic) bond motifs is 1. The van der Waals surface area contributed by atoms with Crippen molar-refractivity contribution >= 4 is 23.1 Å². The molecule has 0 radical (unpaired) electrons. The highest BCUT2D eigenvalue weighted by molar-refractivity contribution is 7.98. The molecule has 0 amide bonds. The van der Waals surface area contributed by atoms with Crippen LogP contribution in [0.2, 0.25) is 0 Å². The van der Waals surface area contributed by atoms with E-state index in [1.165, 1.54) is 22.8 Å². The van der Waals surface area contributed by atoms with Crippen LogP contribution in [0.3, 0.4) is 0 Å². The molecule has 2 aromatic heterocycles. The van der Waals surface area contributed by atoms with Crippen molar-refractivity contribution in [1.29, 1.82) is 0 Å². The van der Waals surface area contributed by atoms with Gasteiger partial charge in [0.05, 0.1) is 6.26 Å². The van der Waals surface area contributed by atoms with Gasteiger partial charge in [-0.25, -0.2) is 0 Å². The molecule has 1 aliphatic heterocycles. The van der Waals surface area contributed by atoms with E-state index in [0.29, 0.717) is 6.04 Å². The zero-order chi connectivity index (χ0) is 13.8. The number of aryl methyl sites for hydroxylation is 1. The minimum atomic E-state index is 0.390. The molecule has 0 saturated carbocycles. The molecule has 108 valence electrons. The molecule has 4 heteroatoms. The number of hydrogen-bond acceptors (Lipinski definition) is 4. The van der Waals surface area contributed by atoms with Gasteiger partial charge in [0.15, 0.2) is 0 Å². The van der Waals surface area contributed by atoms with Gasteiger partial charge in [-0.05, 0) is 48.9 Å². The van der Waals surface area contributed by atoms with Gasteiger partial charge in [0.2, 0.25) is 0 Å². The molecule has 3 rings (SSSR count). The molecule has 0 spiro atoms. The zero-order valence-electron chi connectivity index (χ0n) is 11.9. The van der Waals surface area contributed by atoms with Gasteiger partial charge in [-0.3, -0.25) is 0 Å². The average molecular weight is 307 g/mol. The Morgan fingerprint density at radius 1 is 1.45 bits per heavy atom. The van der Waals surface area contributed by atoms with Crippen molar-refractivity contribution < 1.29 is 4.42 Å². The molecule has 0 fully saturated rings. The third-order valence-electron chi connectivity index (χ3n) is 3.62. The molecule has 0 aliphatic carbocycles. The number of nitrogens with one attached hydrogen (secondary N) is 1. The summed E-state index contributed by atoms with van der Waals surface area (Å²) in [5, 5.41) is 3.68. The largest absolute Gasteiger partial charge is 0.469 e. The number of rotatable bonds is 6. The standard InChI is InChI=1S/C16H21NOS2/c1-2-6-17-14(10-13-4-3-7-18-13)16-9-12-11-19-8-5-15(12)20-16/h3-4,7,9,14,17H,2,5-6,8,10-11H2,1H3. The SMILES string of the molecule is CCCNC(Cc1ccco1)c1cc2c(s1)CCSC2. The van der Waals surface area contributed by atoms with E-state index in [4.69, 9.17) is 4.42 Å². The van der Waals surface area contributed by atoms with Gasteiger partial charge < -0.3 is 9.73 Å². The first-order chi connectivity index (χ1) is 9.86. The van der Waals surface area contributed by atoms with E-state index in [9.17, 15) is 0 Å². The van der Waals surface area contributed by atoms with Crippen LogP contribution in [0.15, 0.2) is 28.9 Å². The number of furan rings is 1. The fourth-order valence-electron chi connectivity index (χ4n) is 2.56. The van der Waals surface area contributed by atoms with Gasteiger partial charge in [0.1, 0.15) is 5.76 Å². The van der Waals surface area contributed by atoms with Crippen molar-refractivity contribution in [1.82, 2.24) is 5.32 Å². The van der Waals surface area contributed by atoms with Crippen molar-refractivity contribution in [2.24, 2.45) is 0 Å². The molecule has 1 unspecified atom stereocenters. The second kappa shape index (κ2) is 6.83. The first kappa shape index (κ1) is 14.2. The minimum absolute atomic E-state index is 0.390. The summed E-state index contributed by atoms with van der Waals surface area (Å²) in [5.74, 6) is 3.53. The van der Waals surface area contributed by atoms with Gasteiger partial charge in [0.25, 0.3) is 0 Å². The van der Waals surface area contributed by atoms with Crippen LogP contribution in [0.1, 0.15) is 40.5 Å². The molecular weight excluding hydrogens is 286 g/mol. The van der Waals surface area contributed by atoms with Gasteiger partial charge in [-0.1, -0.05) is 6.92 Å². The fourth-order valence-corrected chi connectivity index (χ4v) is 5.02. The predicted octanol–water partition coefficient (Wildman–Crippen LogP) is 4.41. The smallest absolute Gasteiger partial charge is 0.105 e. The maximum atomic E-state index is 5.53. The van der Waals surface area contributed by atoms with E-state index < -0.39 is 0 Å². The first-order valence-electron chi connectivity index (χ1n) is 7.32. The van der Waals surface area contributed by atoms with E-state index in [1.54, 1.807) is 16.7 Å². The monoisotopic (exact) mass is 307 g/mol. The molecule has 0 aromatic carbocycles. The Labute approximate surface area is 129 Å².